The van der Waals surface area contributed by atoms with Gasteiger partial charge in [-0.15, -0.1) is 0 Å². The van der Waals surface area contributed by atoms with E-state index in [-0.39, 0.29) is 56.0 Å². The Labute approximate surface area is 285 Å². The summed E-state index contributed by atoms with van der Waals surface area (Å²) in [6, 6.07) is 6.74. The maximum Gasteiger partial charge on any atom is 0.332 e. The van der Waals surface area contributed by atoms with Gasteiger partial charge in [0.2, 0.25) is 20.0 Å². The van der Waals surface area contributed by atoms with Gasteiger partial charge in [0.25, 0.3) is 6.47 Å². The number of carbonyl (C=O) groups is 2. The van der Waals surface area contributed by atoms with Crippen LogP contribution in [-0.4, -0.2) is 112 Å². The van der Waals surface area contributed by atoms with Crippen molar-refractivity contribution in [1.29, 1.82) is 0 Å². The van der Waals surface area contributed by atoms with Crippen LogP contribution in [0.3, 0.4) is 0 Å². The third-order valence-electron chi connectivity index (χ3n) is 6.64. The second kappa shape index (κ2) is 19.0. The maximum absolute atomic E-state index is 12.8. The number of likely N-dealkylation sites (N-methyl/N-ethyl adjacent to an activating group) is 2. The van der Waals surface area contributed by atoms with Gasteiger partial charge in [-0.1, -0.05) is 0 Å². The summed E-state index contributed by atoms with van der Waals surface area (Å²) in [5.41, 5.74) is 1.89. The van der Waals surface area contributed by atoms with Gasteiger partial charge in [0, 0.05) is 27.2 Å². The number of hydrogen-bond donors (Lipinski definition) is 0. The molecule has 0 atom stereocenters. The van der Waals surface area contributed by atoms with Crippen LogP contribution in [-0.2, 0) is 48.6 Å². The SMILES string of the molecule is COc1cc(C)c(S(=O)(=O)N(C)CCOCC(=O)OC(C)(C)C)c(C)c1.COc1cc(C)c(S(=O)(=O)N(C)CCOCOC=O)c(C)c1. The van der Waals surface area contributed by atoms with E-state index in [1.165, 1.54) is 36.9 Å². The minimum absolute atomic E-state index is 0.0865. The van der Waals surface area contributed by atoms with Crippen LogP contribution in [0, 0.1) is 27.7 Å². The average molecular weight is 719 g/mol. The quantitative estimate of drug-likeness (QED) is 0.102. The molecule has 48 heavy (non-hydrogen) atoms. The first-order chi connectivity index (χ1) is 22.2. The summed E-state index contributed by atoms with van der Waals surface area (Å²) in [6.07, 6.45) is 0. The van der Waals surface area contributed by atoms with Crippen molar-refractivity contribution in [2.24, 2.45) is 0 Å². The van der Waals surface area contributed by atoms with Crippen LogP contribution in [0.4, 0.5) is 0 Å². The molecule has 2 aromatic rings. The maximum atomic E-state index is 12.8. The first-order valence-electron chi connectivity index (χ1n) is 14.9. The number of sulfonamides is 2. The fraction of sp³-hybridized carbons (Fsp3) is 0.562. The number of benzene rings is 2. The largest absolute Gasteiger partial charge is 0.497 e. The number of esters is 1. The molecule has 0 fully saturated rings. The molecule has 0 bridgehead atoms. The molecule has 0 saturated carbocycles. The molecular formula is C32H50N2O12S2. The van der Waals surface area contributed by atoms with E-state index in [2.05, 4.69) is 4.74 Å². The summed E-state index contributed by atoms with van der Waals surface area (Å²) in [5.74, 6) is 0.748. The van der Waals surface area contributed by atoms with E-state index in [0.29, 0.717) is 33.8 Å². The number of methoxy groups -OCH3 is 2. The van der Waals surface area contributed by atoms with Crippen molar-refractivity contribution in [3.63, 3.8) is 0 Å². The van der Waals surface area contributed by atoms with E-state index in [4.69, 9.17) is 23.7 Å². The molecule has 0 amide bonds. The molecule has 0 N–H and O–H groups in total. The molecule has 0 unspecified atom stereocenters. The molecule has 272 valence electrons. The van der Waals surface area contributed by atoms with Crippen molar-refractivity contribution in [1.82, 2.24) is 8.61 Å². The van der Waals surface area contributed by atoms with Gasteiger partial charge < -0.3 is 28.4 Å². The zero-order valence-corrected chi connectivity index (χ0v) is 31.4. The van der Waals surface area contributed by atoms with Crippen molar-refractivity contribution >= 4 is 32.5 Å². The van der Waals surface area contributed by atoms with Crippen molar-refractivity contribution in [2.45, 2.75) is 63.9 Å². The summed E-state index contributed by atoms with van der Waals surface area (Å²) in [7, 11) is -1.27. The molecule has 2 aromatic carbocycles. The van der Waals surface area contributed by atoms with Gasteiger partial charge in [0.05, 0.1) is 37.2 Å². The lowest BCUT2D eigenvalue weighted by molar-refractivity contribution is -0.160. The second-order valence-corrected chi connectivity index (χ2v) is 15.7. The Morgan fingerprint density at radius 2 is 1.10 bits per heavy atom. The summed E-state index contributed by atoms with van der Waals surface area (Å²) < 4.78 is 83.4. The average Bonchev–Trinajstić information content (AvgIpc) is 2.97. The van der Waals surface area contributed by atoms with Crippen molar-refractivity contribution in [3.05, 3.63) is 46.5 Å². The van der Waals surface area contributed by atoms with E-state index in [1.807, 2.05) is 0 Å². The number of ether oxygens (including phenoxy) is 6. The van der Waals surface area contributed by atoms with E-state index in [9.17, 15) is 26.4 Å². The Balaban J connectivity index is 0.000000487. The van der Waals surface area contributed by atoms with Gasteiger partial charge in [-0.05, 0) is 95.0 Å². The predicted molar refractivity (Wildman–Crippen MR) is 179 cm³/mol. The number of nitrogens with zero attached hydrogens (tertiary/aromatic N) is 2. The molecular weight excluding hydrogens is 668 g/mol. The summed E-state index contributed by atoms with van der Waals surface area (Å²) in [6.45, 7) is 12.6. The van der Waals surface area contributed by atoms with Crippen LogP contribution >= 0.6 is 0 Å². The minimum Gasteiger partial charge on any atom is -0.497 e. The highest BCUT2D eigenvalue weighted by Crippen LogP contribution is 2.29. The van der Waals surface area contributed by atoms with Crippen LogP contribution < -0.4 is 9.47 Å². The lowest BCUT2D eigenvalue weighted by Crippen LogP contribution is -2.32. The normalized spacial score (nSPS) is 11.9. The molecule has 16 heteroatoms. The number of rotatable bonds is 17. The molecule has 0 saturated heterocycles. The first kappa shape index (κ1) is 42.7. The Hall–Kier alpha value is -3.28. The third kappa shape index (κ3) is 13.0. The van der Waals surface area contributed by atoms with Crippen molar-refractivity contribution in [2.75, 3.05) is 68.0 Å². The fourth-order valence-electron chi connectivity index (χ4n) is 4.47. The lowest BCUT2D eigenvalue weighted by Gasteiger charge is -2.21. The topological polar surface area (TPSA) is 164 Å². The molecule has 0 radical (unpaired) electrons. The molecule has 0 heterocycles. The van der Waals surface area contributed by atoms with E-state index in [0.717, 1.165) is 0 Å². The smallest absolute Gasteiger partial charge is 0.332 e. The Bertz CT molecular complexity index is 1540. The second-order valence-electron chi connectivity index (χ2n) is 11.8. The Morgan fingerprint density at radius 1 is 0.729 bits per heavy atom. The Morgan fingerprint density at radius 3 is 1.44 bits per heavy atom. The predicted octanol–water partition coefficient (Wildman–Crippen LogP) is 3.37. The molecule has 0 aliphatic rings. The fourth-order valence-corrected chi connectivity index (χ4v) is 7.59. The van der Waals surface area contributed by atoms with Gasteiger partial charge in [0.1, 0.15) is 23.7 Å². The Kier molecular flexibility index (Phi) is 17.0. The molecule has 0 spiro atoms. The third-order valence-corrected chi connectivity index (χ3v) is 11.0. The number of hydrogen-bond acceptors (Lipinski definition) is 12. The van der Waals surface area contributed by atoms with Gasteiger partial charge in [-0.2, -0.15) is 8.61 Å². The number of carbonyl (C=O) groups excluding carboxylic acids is 2. The van der Waals surface area contributed by atoms with Crippen LogP contribution in [0.2, 0.25) is 0 Å². The van der Waals surface area contributed by atoms with E-state index in [1.54, 1.807) is 72.7 Å². The number of aryl methyl sites for hydroxylation is 4. The summed E-state index contributed by atoms with van der Waals surface area (Å²) >= 11 is 0. The van der Waals surface area contributed by atoms with Crippen LogP contribution in [0.25, 0.3) is 0 Å². The van der Waals surface area contributed by atoms with Crippen molar-refractivity contribution in [3.8, 4) is 11.5 Å². The molecule has 0 aliphatic heterocycles. The highest BCUT2D eigenvalue weighted by molar-refractivity contribution is 7.89. The highest BCUT2D eigenvalue weighted by Gasteiger charge is 2.26. The molecule has 0 aromatic heterocycles. The summed E-state index contributed by atoms with van der Waals surface area (Å²) in [4.78, 5) is 22.1. The van der Waals surface area contributed by atoms with Crippen LogP contribution in [0.15, 0.2) is 34.1 Å². The zero-order chi connectivity index (χ0) is 36.9. The van der Waals surface area contributed by atoms with Gasteiger partial charge in [-0.3, -0.25) is 4.79 Å². The summed E-state index contributed by atoms with van der Waals surface area (Å²) in [5, 5.41) is 0. The van der Waals surface area contributed by atoms with Gasteiger partial charge in [0.15, 0.2) is 6.79 Å². The van der Waals surface area contributed by atoms with Crippen LogP contribution in [0.1, 0.15) is 43.0 Å². The van der Waals surface area contributed by atoms with Crippen LogP contribution in [0.5, 0.6) is 11.5 Å². The zero-order valence-electron chi connectivity index (χ0n) is 29.7. The first-order valence-corrected chi connectivity index (χ1v) is 17.8. The van der Waals surface area contributed by atoms with E-state index >= 15 is 0 Å². The highest BCUT2D eigenvalue weighted by atomic mass is 32.2. The van der Waals surface area contributed by atoms with Crippen molar-refractivity contribution < 1.29 is 54.8 Å². The monoisotopic (exact) mass is 718 g/mol. The molecule has 2 rings (SSSR count). The van der Waals surface area contributed by atoms with E-state index < -0.39 is 31.6 Å². The standard InChI is InChI=1S/C18H29NO6S.C14H21NO6S/c1-13-10-15(23-7)11-14(2)17(13)26(21,22)19(6)8-9-24-12-16(20)25-18(3,4)5;1-11-7-13(19-4)8-12(2)14(11)22(17,18)15(3)5-6-20-10-21-9-16/h10-11H,8-9,12H2,1-7H3;7-9H,5-6,10H2,1-4H3. The van der Waals surface area contributed by atoms with Gasteiger partial charge >= 0.3 is 5.97 Å². The minimum atomic E-state index is -3.67. The lowest BCUT2D eigenvalue weighted by atomic mass is 10.1. The molecule has 14 nitrogen and oxygen atoms in total. The van der Waals surface area contributed by atoms with Gasteiger partial charge in [-0.25, -0.2) is 21.6 Å². The molecule has 0 aliphatic carbocycles.